The maximum atomic E-state index is 12.8. The number of ether oxygens (including phenoxy) is 2. The normalized spacial score (nSPS) is 17.2. The second-order valence-electron chi connectivity index (χ2n) is 5.39. The molecule has 6 nitrogen and oxygen atoms in total. The van der Waals surface area contributed by atoms with Crippen LogP contribution < -0.4 is 0 Å². The zero-order valence-corrected chi connectivity index (χ0v) is 13.9. The number of amides is 1. The molecule has 0 radical (unpaired) electrons. The highest BCUT2D eigenvalue weighted by Gasteiger charge is 2.43. The van der Waals surface area contributed by atoms with E-state index in [2.05, 4.69) is 10.2 Å². The van der Waals surface area contributed by atoms with Crippen LogP contribution in [0.3, 0.4) is 0 Å². The van der Waals surface area contributed by atoms with Crippen molar-refractivity contribution in [2.45, 2.75) is 19.3 Å². The number of carbonyl (C=O) groups is 1. The summed E-state index contributed by atoms with van der Waals surface area (Å²) in [4.78, 5) is 14.5. The molecule has 0 saturated heterocycles. The van der Waals surface area contributed by atoms with Crippen LogP contribution >= 0.6 is 11.6 Å². The number of benzene rings is 1. The first kappa shape index (κ1) is 16.0. The summed E-state index contributed by atoms with van der Waals surface area (Å²) in [6.45, 7) is 2.19. The Bertz CT molecular complexity index is 727. The van der Waals surface area contributed by atoms with Crippen molar-refractivity contribution in [1.29, 1.82) is 0 Å². The highest BCUT2D eigenvalue weighted by Crippen LogP contribution is 2.41. The minimum atomic E-state index is -0.516. The maximum absolute atomic E-state index is 12.8. The molecule has 0 spiro atoms. The van der Waals surface area contributed by atoms with Gasteiger partial charge in [-0.15, -0.1) is 0 Å². The number of nitrogens with zero attached hydrogens (tertiary/aromatic N) is 2. The zero-order chi connectivity index (χ0) is 16.6. The van der Waals surface area contributed by atoms with Crippen LogP contribution in [0.1, 0.15) is 33.4 Å². The number of methoxy groups -OCH3 is 2. The van der Waals surface area contributed by atoms with E-state index in [0.29, 0.717) is 10.7 Å². The summed E-state index contributed by atoms with van der Waals surface area (Å²) < 4.78 is 10.5. The van der Waals surface area contributed by atoms with Crippen LogP contribution in [0.25, 0.3) is 0 Å². The highest BCUT2D eigenvalue weighted by atomic mass is 35.5. The molecule has 2 aromatic rings. The van der Waals surface area contributed by atoms with Gasteiger partial charge in [-0.25, -0.2) is 0 Å². The van der Waals surface area contributed by atoms with E-state index in [0.717, 1.165) is 16.8 Å². The number of aromatic nitrogens is 2. The Morgan fingerprint density at radius 2 is 2.04 bits per heavy atom. The largest absolute Gasteiger partial charge is 0.354 e. The van der Waals surface area contributed by atoms with Gasteiger partial charge in [-0.3, -0.25) is 9.89 Å². The lowest BCUT2D eigenvalue weighted by Crippen LogP contribution is -2.38. The second kappa shape index (κ2) is 6.31. The summed E-state index contributed by atoms with van der Waals surface area (Å²) in [5.74, 6) is -0.159. The fourth-order valence-electron chi connectivity index (χ4n) is 2.96. The van der Waals surface area contributed by atoms with Gasteiger partial charge in [0.25, 0.3) is 5.91 Å². The Labute approximate surface area is 139 Å². The molecular formula is C16H18ClN3O3. The molecular weight excluding hydrogens is 318 g/mol. The summed E-state index contributed by atoms with van der Waals surface area (Å²) in [7, 11) is 3.09. The molecule has 23 heavy (non-hydrogen) atoms. The molecule has 2 heterocycles. The molecule has 0 aliphatic carbocycles. The van der Waals surface area contributed by atoms with Crippen LogP contribution in [0.4, 0.5) is 0 Å². The first-order chi connectivity index (χ1) is 11.1. The van der Waals surface area contributed by atoms with Crippen molar-refractivity contribution in [2.24, 2.45) is 0 Å². The van der Waals surface area contributed by atoms with E-state index in [1.165, 1.54) is 0 Å². The molecule has 1 aliphatic heterocycles. The number of rotatable bonds is 5. The van der Waals surface area contributed by atoms with Crippen molar-refractivity contribution in [2.75, 3.05) is 20.8 Å². The summed E-state index contributed by atoms with van der Waals surface area (Å²) in [5, 5.41) is 7.65. The number of hydrogen-bond acceptors (Lipinski definition) is 4. The van der Waals surface area contributed by atoms with Gasteiger partial charge in [0.15, 0.2) is 12.0 Å². The SMILES string of the molecule is COC(CN1C(=O)c2n[nH]c(C)c2C1c1ccccc1Cl)OC. The number of fused-ring (bicyclic) bond motifs is 1. The second-order valence-corrected chi connectivity index (χ2v) is 5.80. The Kier molecular flexibility index (Phi) is 4.39. The topological polar surface area (TPSA) is 67.5 Å². The minimum Gasteiger partial charge on any atom is -0.354 e. The number of H-pyrrole nitrogens is 1. The van der Waals surface area contributed by atoms with Crippen LogP contribution in [0.5, 0.6) is 0 Å². The van der Waals surface area contributed by atoms with E-state index in [1.54, 1.807) is 19.1 Å². The van der Waals surface area contributed by atoms with Crippen molar-refractivity contribution >= 4 is 17.5 Å². The summed E-state index contributed by atoms with van der Waals surface area (Å²) in [6.07, 6.45) is -0.516. The Hall–Kier alpha value is -1.89. The molecule has 0 bridgehead atoms. The van der Waals surface area contributed by atoms with Crippen molar-refractivity contribution in [3.05, 3.63) is 51.8 Å². The lowest BCUT2D eigenvalue weighted by molar-refractivity contribution is -0.113. The molecule has 7 heteroatoms. The quantitative estimate of drug-likeness (QED) is 0.853. The first-order valence-electron chi connectivity index (χ1n) is 7.24. The lowest BCUT2D eigenvalue weighted by Gasteiger charge is -2.29. The molecule has 0 saturated carbocycles. The van der Waals surface area contributed by atoms with Gasteiger partial charge in [0.05, 0.1) is 12.6 Å². The standard InChI is InChI=1S/C16H18ClN3O3/c1-9-13-14(19-18-9)16(21)20(8-12(22-2)23-3)15(13)10-6-4-5-7-11(10)17/h4-7,12,15H,8H2,1-3H3,(H,18,19). The Balaban J connectivity index is 2.08. The number of aromatic amines is 1. The number of carbonyl (C=O) groups excluding carboxylic acids is 1. The average Bonchev–Trinajstić information content (AvgIpc) is 3.05. The van der Waals surface area contributed by atoms with Crippen molar-refractivity contribution in [1.82, 2.24) is 15.1 Å². The van der Waals surface area contributed by atoms with Gasteiger partial charge < -0.3 is 14.4 Å². The maximum Gasteiger partial charge on any atom is 0.275 e. The molecule has 1 amide bonds. The number of aryl methyl sites for hydroxylation is 1. The molecule has 3 rings (SSSR count). The molecule has 1 aliphatic rings. The predicted molar refractivity (Wildman–Crippen MR) is 85.5 cm³/mol. The van der Waals surface area contributed by atoms with Crippen molar-refractivity contribution in [3.63, 3.8) is 0 Å². The smallest absolute Gasteiger partial charge is 0.275 e. The molecule has 1 aromatic carbocycles. The molecule has 122 valence electrons. The van der Waals surface area contributed by atoms with Crippen molar-refractivity contribution < 1.29 is 14.3 Å². The monoisotopic (exact) mass is 335 g/mol. The minimum absolute atomic E-state index is 0.159. The van der Waals surface area contributed by atoms with E-state index in [-0.39, 0.29) is 18.5 Å². The van der Waals surface area contributed by atoms with E-state index in [9.17, 15) is 4.79 Å². The molecule has 1 atom stereocenters. The fraction of sp³-hybridized carbons (Fsp3) is 0.375. The van der Waals surface area contributed by atoms with Gasteiger partial charge in [0.1, 0.15) is 0 Å². The number of hydrogen-bond donors (Lipinski definition) is 1. The van der Waals surface area contributed by atoms with E-state index >= 15 is 0 Å². The van der Waals surface area contributed by atoms with Crippen LogP contribution in [0.15, 0.2) is 24.3 Å². The van der Waals surface area contributed by atoms with Crippen LogP contribution in [-0.2, 0) is 9.47 Å². The van der Waals surface area contributed by atoms with Gasteiger partial charge in [-0.2, -0.15) is 5.10 Å². The third-order valence-corrected chi connectivity index (χ3v) is 4.46. The van der Waals surface area contributed by atoms with E-state index in [1.807, 2.05) is 31.2 Å². The third-order valence-electron chi connectivity index (χ3n) is 4.11. The van der Waals surface area contributed by atoms with Gasteiger partial charge in [0.2, 0.25) is 0 Å². The lowest BCUT2D eigenvalue weighted by atomic mass is 9.99. The predicted octanol–water partition coefficient (Wildman–Crippen LogP) is 2.54. The molecule has 1 aromatic heterocycles. The molecule has 1 N–H and O–H groups in total. The first-order valence-corrected chi connectivity index (χ1v) is 7.62. The Morgan fingerprint density at radius 1 is 1.35 bits per heavy atom. The summed E-state index contributed by atoms with van der Waals surface area (Å²) in [6, 6.07) is 7.20. The summed E-state index contributed by atoms with van der Waals surface area (Å²) >= 11 is 6.38. The fourth-order valence-corrected chi connectivity index (χ4v) is 3.20. The van der Waals surface area contributed by atoms with Crippen molar-refractivity contribution in [3.8, 4) is 0 Å². The molecule has 1 unspecified atom stereocenters. The Morgan fingerprint density at radius 3 is 2.70 bits per heavy atom. The van der Waals surface area contributed by atoms with Gasteiger partial charge in [-0.1, -0.05) is 29.8 Å². The van der Waals surface area contributed by atoms with Gasteiger partial charge in [-0.05, 0) is 18.6 Å². The number of halogens is 1. The van der Waals surface area contributed by atoms with Gasteiger partial charge >= 0.3 is 0 Å². The van der Waals surface area contributed by atoms with Crippen LogP contribution in [0, 0.1) is 6.92 Å². The average molecular weight is 336 g/mol. The highest BCUT2D eigenvalue weighted by molar-refractivity contribution is 6.31. The van der Waals surface area contributed by atoms with E-state index < -0.39 is 6.29 Å². The van der Waals surface area contributed by atoms with Crippen LogP contribution in [0.2, 0.25) is 5.02 Å². The number of nitrogens with one attached hydrogen (secondary N) is 1. The zero-order valence-electron chi connectivity index (χ0n) is 13.2. The molecule has 0 fully saturated rings. The summed E-state index contributed by atoms with van der Waals surface area (Å²) in [5.41, 5.74) is 3.00. The third kappa shape index (κ3) is 2.63. The van der Waals surface area contributed by atoms with Crippen LogP contribution in [-0.4, -0.2) is 48.1 Å². The van der Waals surface area contributed by atoms with Gasteiger partial charge in [0, 0.05) is 30.5 Å². The van der Waals surface area contributed by atoms with E-state index in [4.69, 9.17) is 21.1 Å².